The first kappa shape index (κ1) is 21.1. The number of aromatic nitrogens is 4. The predicted octanol–water partition coefficient (Wildman–Crippen LogP) is 3.38. The van der Waals surface area contributed by atoms with Crippen LogP contribution in [0.3, 0.4) is 0 Å². The molecule has 8 heteroatoms. The van der Waals surface area contributed by atoms with E-state index in [-0.39, 0.29) is 0 Å². The lowest BCUT2D eigenvalue weighted by atomic mass is 10.1. The van der Waals surface area contributed by atoms with Crippen molar-refractivity contribution in [2.75, 3.05) is 19.4 Å². The first-order valence-electron chi connectivity index (χ1n) is 9.57. The molecule has 1 aromatic heterocycles. The largest absolute Gasteiger partial charge is 0.493 e. The number of thioether (sulfide) groups is 1. The quantitative estimate of drug-likeness (QED) is 0.381. The second kappa shape index (κ2) is 10.8. The van der Waals surface area contributed by atoms with Crippen molar-refractivity contribution in [2.45, 2.75) is 31.7 Å². The second-order valence-electron chi connectivity index (χ2n) is 6.66. The number of hydrogen-bond donors (Lipinski definition) is 1. The molecule has 0 bridgehead atoms. The maximum absolute atomic E-state index is 5.99. The van der Waals surface area contributed by atoms with Crippen LogP contribution in [0.2, 0.25) is 0 Å². The molecule has 29 heavy (non-hydrogen) atoms. The van der Waals surface area contributed by atoms with Crippen molar-refractivity contribution >= 4 is 11.8 Å². The molecule has 1 heterocycles. The molecule has 0 fully saturated rings. The Morgan fingerprint density at radius 1 is 1.14 bits per heavy atom. The Bertz CT molecular complexity index is 916. The summed E-state index contributed by atoms with van der Waals surface area (Å²) in [6, 6.07) is 14.3. The molecule has 0 aliphatic heterocycles. The topological polar surface area (TPSA) is 74.1 Å². The van der Waals surface area contributed by atoms with Crippen LogP contribution in [0.5, 0.6) is 11.5 Å². The Kier molecular flexibility index (Phi) is 7.89. The van der Waals surface area contributed by atoms with Gasteiger partial charge in [-0.1, -0.05) is 42.1 Å². The number of tetrazole rings is 1. The van der Waals surface area contributed by atoms with Gasteiger partial charge in [0.25, 0.3) is 0 Å². The van der Waals surface area contributed by atoms with Gasteiger partial charge in [0, 0.05) is 19.3 Å². The van der Waals surface area contributed by atoms with Gasteiger partial charge in [-0.2, -0.15) is 0 Å². The molecule has 7 nitrogen and oxygen atoms in total. The maximum atomic E-state index is 5.99. The third-order valence-electron chi connectivity index (χ3n) is 4.51. The molecule has 0 spiro atoms. The summed E-state index contributed by atoms with van der Waals surface area (Å²) in [5, 5.41) is 15.7. The highest BCUT2D eigenvalue weighted by Crippen LogP contribution is 2.29. The Morgan fingerprint density at radius 3 is 2.76 bits per heavy atom. The summed E-state index contributed by atoms with van der Waals surface area (Å²) in [5.41, 5.74) is 3.56. The molecule has 3 rings (SSSR count). The van der Waals surface area contributed by atoms with E-state index in [1.54, 1.807) is 23.6 Å². The molecule has 0 aliphatic rings. The molecule has 0 atom stereocenters. The highest BCUT2D eigenvalue weighted by molar-refractivity contribution is 7.99. The summed E-state index contributed by atoms with van der Waals surface area (Å²) in [6.45, 7) is 4.32. The Labute approximate surface area is 175 Å². The van der Waals surface area contributed by atoms with Crippen molar-refractivity contribution in [3.8, 4) is 11.5 Å². The fraction of sp³-hybridized carbons (Fsp3) is 0.381. The molecule has 0 aliphatic carbocycles. The minimum absolute atomic E-state index is 0.527. The van der Waals surface area contributed by atoms with Crippen molar-refractivity contribution in [1.82, 2.24) is 25.5 Å². The third kappa shape index (κ3) is 6.20. The van der Waals surface area contributed by atoms with Crippen LogP contribution in [0.15, 0.2) is 47.6 Å². The van der Waals surface area contributed by atoms with Crippen LogP contribution in [0, 0.1) is 6.92 Å². The van der Waals surface area contributed by atoms with Gasteiger partial charge in [0.05, 0.1) is 7.11 Å². The lowest BCUT2D eigenvalue weighted by Crippen LogP contribution is -2.15. The number of aryl methyl sites for hydroxylation is 2. The van der Waals surface area contributed by atoms with E-state index in [4.69, 9.17) is 9.47 Å². The zero-order valence-corrected chi connectivity index (χ0v) is 17.9. The van der Waals surface area contributed by atoms with Crippen molar-refractivity contribution in [1.29, 1.82) is 0 Å². The SMILES string of the molecule is COc1cc(CNCCCSc2nnnn2C)ccc1OCc1ccccc1C. The Morgan fingerprint density at radius 2 is 2.00 bits per heavy atom. The summed E-state index contributed by atoms with van der Waals surface area (Å²) >= 11 is 1.66. The van der Waals surface area contributed by atoms with Crippen molar-refractivity contribution in [2.24, 2.45) is 7.05 Å². The number of benzene rings is 2. The second-order valence-corrected chi connectivity index (χ2v) is 7.73. The van der Waals surface area contributed by atoms with E-state index >= 15 is 0 Å². The highest BCUT2D eigenvalue weighted by atomic mass is 32.2. The fourth-order valence-corrected chi connectivity index (χ4v) is 3.59. The van der Waals surface area contributed by atoms with Crippen LogP contribution in [-0.2, 0) is 20.2 Å². The molecule has 0 saturated carbocycles. The summed E-state index contributed by atoms with van der Waals surface area (Å²) in [4.78, 5) is 0. The third-order valence-corrected chi connectivity index (χ3v) is 5.61. The molecule has 2 aromatic carbocycles. The molecule has 0 unspecified atom stereocenters. The van der Waals surface area contributed by atoms with Crippen LogP contribution in [-0.4, -0.2) is 39.6 Å². The standard InChI is InChI=1S/C21H27N5O2S/c1-16-7-4-5-8-18(16)15-28-19-10-9-17(13-20(19)27-3)14-22-11-6-12-29-21-23-24-25-26(21)2/h4-5,7-10,13,22H,6,11-12,14-15H2,1-3H3. The average Bonchev–Trinajstić information content (AvgIpc) is 3.15. The van der Waals surface area contributed by atoms with Gasteiger partial charge in [-0.3, -0.25) is 0 Å². The van der Waals surface area contributed by atoms with Crippen LogP contribution in [0.1, 0.15) is 23.1 Å². The van der Waals surface area contributed by atoms with E-state index in [1.807, 2.05) is 31.3 Å². The van der Waals surface area contributed by atoms with E-state index in [1.165, 1.54) is 11.1 Å². The summed E-state index contributed by atoms with van der Waals surface area (Å²) in [5.74, 6) is 2.48. The number of methoxy groups -OCH3 is 1. The summed E-state index contributed by atoms with van der Waals surface area (Å²) in [7, 11) is 3.52. The summed E-state index contributed by atoms with van der Waals surface area (Å²) < 4.78 is 13.2. The van der Waals surface area contributed by atoms with Crippen LogP contribution in [0.25, 0.3) is 0 Å². The van der Waals surface area contributed by atoms with Crippen LogP contribution in [0.4, 0.5) is 0 Å². The van der Waals surface area contributed by atoms with E-state index < -0.39 is 0 Å². The normalized spacial score (nSPS) is 10.9. The highest BCUT2D eigenvalue weighted by Gasteiger charge is 2.07. The lowest BCUT2D eigenvalue weighted by molar-refractivity contribution is 0.283. The van der Waals surface area contributed by atoms with Crippen LogP contribution < -0.4 is 14.8 Å². The van der Waals surface area contributed by atoms with Gasteiger partial charge in [-0.25, -0.2) is 4.68 Å². The molecule has 154 valence electrons. The minimum atomic E-state index is 0.527. The molecule has 1 N–H and O–H groups in total. The fourth-order valence-electron chi connectivity index (χ4n) is 2.81. The zero-order chi connectivity index (χ0) is 20.5. The number of ether oxygens (including phenoxy) is 2. The average molecular weight is 414 g/mol. The Balaban J connectivity index is 1.43. The lowest BCUT2D eigenvalue weighted by Gasteiger charge is -2.13. The van der Waals surface area contributed by atoms with E-state index in [0.717, 1.165) is 47.5 Å². The van der Waals surface area contributed by atoms with Crippen LogP contribution >= 0.6 is 11.8 Å². The van der Waals surface area contributed by atoms with Gasteiger partial charge >= 0.3 is 0 Å². The van der Waals surface area contributed by atoms with Crippen molar-refractivity contribution in [3.63, 3.8) is 0 Å². The van der Waals surface area contributed by atoms with Gasteiger partial charge in [-0.05, 0) is 59.1 Å². The molecule has 0 radical (unpaired) electrons. The molecule has 3 aromatic rings. The smallest absolute Gasteiger partial charge is 0.209 e. The minimum Gasteiger partial charge on any atom is -0.493 e. The number of rotatable bonds is 11. The molecular formula is C21H27N5O2S. The first-order chi connectivity index (χ1) is 14.2. The zero-order valence-electron chi connectivity index (χ0n) is 17.1. The number of hydrogen-bond acceptors (Lipinski definition) is 7. The van der Waals surface area contributed by atoms with Crippen molar-refractivity contribution in [3.05, 3.63) is 59.2 Å². The van der Waals surface area contributed by atoms with Gasteiger partial charge in [0.2, 0.25) is 5.16 Å². The predicted molar refractivity (Wildman–Crippen MR) is 114 cm³/mol. The van der Waals surface area contributed by atoms with Gasteiger partial charge in [-0.15, -0.1) is 5.10 Å². The Hall–Kier alpha value is -2.58. The number of nitrogens with one attached hydrogen (secondary N) is 1. The van der Waals surface area contributed by atoms with E-state index in [0.29, 0.717) is 6.61 Å². The van der Waals surface area contributed by atoms with E-state index in [2.05, 4.69) is 46.0 Å². The molecule has 0 amide bonds. The maximum Gasteiger partial charge on any atom is 0.209 e. The first-order valence-corrected chi connectivity index (χ1v) is 10.6. The van der Waals surface area contributed by atoms with Gasteiger partial charge < -0.3 is 14.8 Å². The summed E-state index contributed by atoms with van der Waals surface area (Å²) in [6.07, 6.45) is 1.03. The number of nitrogens with zero attached hydrogens (tertiary/aromatic N) is 4. The molecule has 0 saturated heterocycles. The van der Waals surface area contributed by atoms with Gasteiger partial charge in [0.15, 0.2) is 11.5 Å². The molecular weight excluding hydrogens is 386 g/mol. The monoisotopic (exact) mass is 413 g/mol. The van der Waals surface area contributed by atoms with Crippen molar-refractivity contribution < 1.29 is 9.47 Å². The van der Waals surface area contributed by atoms with Gasteiger partial charge in [0.1, 0.15) is 6.61 Å². The van der Waals surface area contributed by atoms with E-state index in [9.17, 15) is 0 Å².